The van der Waals surface area contributed by atoms with E-state index in [0.717, 1.165) is 55.7 Å². The van der Waals surface area contributed by atoms with Crippen molar-refractivity contribution in [1.29, 1.82) is 0 Å². The number of fused-ring (bicyclic) bond motifs is 1. The van der Waals surface area contributed by atoms with Crippen LogP contribution in [-0.4, -0.2) is 54.3 Å². The summed E-state index contributed by atoms with van der Waals surface area (Å²) in [6.07, 6.45) is 4.27. The first kappa shape index (κ1) is 17.7. The third kappa shape index (κ3) is 4.01. The van der Waals surface area contributed by atoms with Crippen molar-refractivity contribution in [2.45, 2.75) is 50.9 Å². The Labute approximate surface area is 152 Å². The van der Waals surface area contributed by atoms with E-state index >= 15 is 0 Å². The molecule has 3 heterocycles. The molecule has 2 aliphatic rings. The van der Waals surface area contributed by atoms with E-state index in [9.17, 15) is 8.78 Å². The SMILES string of the molecule is FC(F)Cn1ccc2c(OC3CCN(CC4CCCO4)CC3)cccc21. The minimum Gasteiger partial charge on any atom is -0.490 e. The van der Waals surface area contributed by atoms with Crippen LogP contribution in [0.2, 0.25) is 0 Å². The summed E-state index contributed by atoms with van der Waals surface area (Å²) in [6, 6.07) is 7.56. The normalized spacial score (nSPS) is 22.5. The molecule has 1 unspecified atom stereocenters. The first-order chi connectivity index (χ1) is 12.7. The van der Waals surface area contributed by atoms with Crippen LogP contribution in [0.15, 0.2) is 30.5 Å². The number of piperidine rings is 1. The molecule has 1 aromatic carbocycles. The van der Waals surface area contributed by atoms with Gasteiger partial charge in [0.05, 0.1) is 18.2 Å². The van der Waals surface area contributed by atoms with Gasteiger partial charge in [0.25, 0.3) is 6.43 Å². The molecule has 0 aliphatic carbocycles. The molecule has 4 rings (SSSR count). The molecule has 4 nitrogen and oxygen atoms in total. The minimum atomic E-state index is -2.36. The number of hydrogen-bond acceptors (Lipinski definition) is 3. The third-order valence-corrected chi connectivity index (χ3v) is 5.42. The number of ether oxygens (including phenoxy) is 2. The Bertz CT molecular complexity index is 720. The molecule has 26 heavy (non-hydrogen) atoms. The fourth-order valence-corrected chi connectivity index (χ4v) is 4.07. The zero-order valence-electron chi connectivity index (χ0n) is 14.9. The molecule has 2 aliphatic heterocycles. The van der Waals surface area contributed by atoms with E-state index in [0.29, 0.717) is 6.10 Å². The number of alkyl halides is 2. The molecule has 0 amide bonds. The van der Waals surface area contributed by atoms with Crippen molar-refractivity contribution in [2.75, 3.05) is 26.2 Å². The lowest BCUT2D eigenvalue weighted by Crippen LogP contribution is -2.41. The van der Waals surface area contributed by atoms with Gasteiger partial charge in [0.1, 0.15) is 11.9 Å². The molecule has 0 spiro atoms. The zero-order chi connectivity index (χ0) is 17.9. The molecule has 0 radical (unpaired) electrons. The summed E-state index contributed by atoms with van der Waals surface area (Å²) in [5.74, 6) is 0.799. The molecule has 6 heteroatoms. The summed E-state index contributed by atoms with van der Waals surface area (Å²) in [6.45, 7) is 3.69. The van der Waals surface area contributed by atoms with Crippen LogP contribution in [-0.2, 0) is 11.3 Å². The van der Waals surface area contributed by atoms with Gasteiger partial charge in [-0.1, -0.05) is 6.07 Å². The highest BCUT2D eigenvalue weighted by Crippen LogP contribution is 2.29. The van der Waals surface area contributed by atoms with Gasteiger partial charge >= 0.3 is 0 Å². The number of benzene rings is 1. The molecule has 2 aromatic rings. The molecule has 1 atom stereocenters. The Morgan fingerprint density at radius 3 is 2.73 bits per heavy atom. The largest absolute Gasteiger partial charge is 0.490 e. The standard InChI is InChI=1S/C20H26F2N2O2/c21-20(22)14-24-11-8-17-18(24)4-1-5-19(17)26-15-6-9-23(10-7-15)13-16-3-2-12-25-16/h1,4-5,8,11,15-16,20H,2-3,6-7,9-10,12-14H2. The molecule has 0 N–H and O–H groups in total. The average molecular weight is 364 g/mol. The maximum Gasteiger partial charge on any atom is 0.256 e. The van der Waals surface area contributed by atoms with E-state index < -0.39 is 6.43 Å². The molecule has 2 saturated heterocycles. The number of rotatable bonds is 6. The van der Waals surface area contributed by atoms with Crippen molar-refractivity contribution in [3.8, 4) is 5.75 Å². The fraction of sp³-hybridized carbons (Fsp3) is 0.600. The van der Waals surface area contributed by atoms with Crippen LogP contribution in [0.25, 0.3) is 10.9 Å². The molecule has 2 fully saturated rings. The van der Waals surface area contributed by atoms with Crippen molar-refractivity contribution in [2.24, 2.45) is 0 Å². The molecular weight excluding hydrogens is 338 g/mol. The first-order valence-electron chi connectivity index (χ1n) is 9.55. The van der Waals surface area contributed by atoms with Gasteiger partial charge in [-0.2, -0.15) is 0 Å². The van der Waals surface area contributed by atoms with Crippen molar-refractivity contribution in [3.05, 3.63) is 30.5 Å². The first-order valence-corrected chi connectivity index (χ1v) is 9.55. The van der Waals surface area contributed by atoms with Crippen molar-refractivity contribution in [3.63, 3.8) is 0 Å². The number of hydrogen-bond donors (Lipinski definition) is 0. The quantitative estimate of drug-likeness (QED) is 0.777. The highest BCUT2D eigenvalue weighted by atomic mass is 19.3. The topological polar surface area (TPSA) is 26.6 Å². The Hall–Kier alpha value is -1.66. The zero-order valence-corrected chi connectivity index (χ0v) is 14.9. The van der Waals surface area contributed by atoms with Crippen LogP contribution < -0.4 is 4.74 Å². The maximum atomic E-state index is 12.7. The molecular formula is C20H26F2N2O2. The van der Waals surface area contributed by atoms with Gasteiger partial charge in [0.15, 0.2) is 0 Å². The van der Waals surface area contributed by atoms with Crippen molar-refractivity contribution < 1.29 is 18.3 Å². The molecule has 0 saturated carbocycles. The number of likely N-dealkylation sites (tertiary alicyclic amines) is 1. The predicted molar refractivity (Wildman–Crippen MR) is 97.0 cm³/mol. The Morgan fingerprint density at radius 2 is 2.00 bits per heavy atom. The second kappa shape index (κ2) is 7.92. The van der Waals surface area contributed by atoms with Crippen LogP contribution in [0, 0.1) is 0 Å². The minimum absolute atomic E-state index is 0.180. The second-order valence-electron chi connectivity index (χ2n) is 7.30. The summed E-state index contributed by atoms with van der Waals surface area (Å²) in [5.41, 5.74) is 0.804. The van der Waals surface area contributed by atoms with Gasteiger partial charge in [-0.05, 0) is 43.9 Å². The third-order valence-electron chi connectivity index (χ3n) is 5.42. The highest BCUT2D eigenvalue weighted by molar-refractivity contribution is 5.86. The summed E-state index contributed by atoms with van der Waals surface area (Å²) in [5, 5.41) is 0.912. The van der Waals surface area contributed by atoms with Crippen LogP contribution in [0.5, 0.6) is 5.75 Å². The molecule has 1 aromatic heterocycles. The maximum absolute atomic E-state index is 12.7. The van der Waals surface area contributed by atoms with E-state index in [1.54, 1.807) is 10.8 Å². The van der Waals surface area contributed by atoms with Gasteiger partial charge in [0.2, 0.25) is 0 Å². The van der Waals surface area contributed by atoms with Crippen LogP contribution in [0.1, 0.15) is 25.7 Å². The summed E-state index contributed by atoms with van der Waals surface area (Å²) in [7, 11) is 0. The molecule has 142 valence electrons. The predicted octanol–water partition coefficient (Wildman–Crippen LogP) is 3.93. The number of nitrogens with zero attached hydrogens (tertiary/aromatic N) is 2. The summed E-state index contributed by atoms with van der Waals surface area (Å²) >= 11 is 0. The highest BCUT2D eigenvalue weighted by Gasteiger charge is 2.25. The smallest absolute Gasteiger partial charge is 0.256 e. The lowest BCUT2D eigenvalue weighted by molar-refractivity contribution is 0.0444. The summed E-state index contributed by atoms with van der Waals surface area (Å²) in [4.78, 5) is 2.47. The van der Waals surface area contributed by atoms with Crippen molar-refractivity contribution in [1.82, 2.24) is 9.47 Å². The molecule has 0 bridgehead atoms. The van der Waals surface area contributed by atoms with Crippen molar-refractivity contribution >= 4 is 10.9 Å². The van der Waals surface area contributed by atoms with Crippen LogP contribution in [0.4, 0.5) is 8.78 Å². The number of aromatic nitrogens is 1. The van der Waals surface area contributed by atoms with E-state index in [-0.39, 0.29) is 12.6 Å². The van der Waals surface area contributed by atoms with E-state index in [4.69, 9.17) is 9.47 Å². The Kier molecular flexibility index (Phi) is 5.41. The van der Waals surface area contributed by atoms with E-state index in [2.05, 4.69) is 4.90 Å². The van der Waals surface area contributed by atoms with Crippen LogP contribution >= 0.6 is 0 Å². The van der Waals surface area contributed by atoms with E-state index in [1.165, 1.54) is 12.8 Å². The Morgan fingerprint density at radius 1 is 1.15 bits per heavy atom. The van der Waals surface area contributed by atoms with Gasteiger partial charge in [-0.15, -0.1) is 0 Å². The van der Waals surface area contributed by atoms with Gasteiger partial charge in [-0.3, -0.25) is 0 Å². The monoisotopic (exact) mass is 364 g/mol. The summed E-state index contributed by atoms with van der Waals surface area (Å²) < 4.78 is 39.0. The van der Waals surface area contributed by atoms with E-state index in [1.807, 2.05) is 24.3 Å². The lowest BCUT2D eigenvalue weighted by Gasteiger charge is -2.33. The lowest BCUT2D eigenvalue weighted by atomic mass is 10.1. The number of halogens is 2. The van der Waals surface area contributed by atoms with Gasteiger partial charge in [-0.25, -0.2) is 8.78 Å². The second-order valence-corrected chi connectivity index (χ2v) is 7.30. The average Bonchev–Trinajstić information content (AvgIpc) is 3.27. The fourth-order valence-electron chi connectivity index (χ4n) is 4.07. The Balaban J connectivity index is 1.36. The van der Waals surface area contributed by atoms with Gasteiger partial charge in [0, 0.05) is 37.8 Å². The van der Waals surface area contributed by atoms with Crippen LogP contribution in [0.3, 0.4) is 0 Å². The van der Waals surface area contributed by atoms with Gasteiger partial charge < -0.3 is 18.9 Å².